The van der Waals surface area contributed by atoms with Gasteiger partial charge in [-0.05, 0) is 103 Å². The summed E-state index contributed by atoms with van der Waals surface area (Å²) >= 11 is 0. The first-order chi connectivity index (χ1) is 37.5. The molecule has 0 bridgehead atoms. The van der Waals surface area contributed by atoms with E-state index in [9.17, 15) is 14.4 Å². The summed E-state index contributed by atoms with van der Waals surface area (Å²) in [6.45, 7) is 6.51. The van der Waals surface area contributed by atoms with Crippen molar-refractivity contribution in [1.29, 1.82) is 0 Å². The molecule has 6 nitrogen and oxygen atoms in total. The number of rotatable bonds is 58. The number of ether oxygens (including phenoxy) is 3. The minimum atomic E-state index is -0.787. The molecule has 0 spiro atoms. The van der Waals surface area contributed by atoms with Crippen molar-refractivity contribution < 1.29 is 28.6 Å². The fourth-order valence-electron chi connectivity index (χ4n) is 9.01. The number of unbranched alkanes of at least 4 members (excludes halogenated alkanes) is 31. The van der Waals surface area contributed by atoms with Crippen molar-refractivity contribution >= 4 is 17.9 Å². The van der Waals surface area contributed by atoms with Crippen LogP contribution in [0.1, 0.15) is 310 Å². The van der Waals surface area contributed by atoms with E-state index in [0.717, 1.165) is 122 Å². The molecule has 76 heavy (non-hydrogen) atoms. The zero-order chi connectivity index (χ0) is 55.0. The molecular formula is C70H120O6. The molecule has 0 N–H and O–H groups in total. The number of esters is 3. The quantitative estimate of drug-likeness (QED) is 0.0261. The molecule has 0 saturated carbocycles. The maximum Gasteiger partial charge on any atom is 0.306 e. The van der Waals surface area contributed by atoms with E-state index in [1.54, 1.807) is 0 Å². The predicted molar refractivity (Wildman–Crippen MR) is 330 cm³/mol. The van der Waals surface area contributed by atoms with E-state index in [1.807, 2.05) is 0 Å². The van der Waals surface area contributed by atoms with E-state index < -0.39 is 6.10 Å². The van der Waals surface area contributed by atoms with Crippen LogP contribution in [0.3, 0.4) is 0 Å². The second-order valence-electron chi connectivity index (χ2n) is 21.3. The zero-order valence-electron chi connectivity index (χ0n) is 50.0. The normalized spacial score (nSPS) is 12.7. The van der Waals surface area contributed by atoms with Crippen molar-refractivity contribution in [2.75, 3.05) is 13.2 Å². The van der Waals surface area contributed by atoms with Crippen LogP contribution in [0.2, 0.25) is 0 Å². The molecule has 0 aromatic rings. The monoisotopic (exact) mass is 1060 g/mol. The third-order valence-electron chi connectivity index (χ3n) is 13.8. The molecule has 0 aliphatic carbocycles. The molecule has 0 saturated heterocycles. The molecule has 0 radical (unpaired) electrons. The van der Waals surface area contributed by atoms with Gasteiger partial charge in [-0.15, -0.1) is 0 Å². The van der Waals surface area contributed by atoms with Crippen LogP contribution in [0.25, 0.3) is 0 Å². The summed E-state index contributed by atoms with van der Waals surface area (Å²) in [6.07, 6.45) is 85.4. The minimum Gasteiger partial charge on any atom is -0.462 e. The van der Waals surface area contributed by atoms with Gasteiger partial charge in [0.1, 0.15) is 13.2 Å². The van der Waals surface area contributed by atoms with E-state index in [1.165, 1.54) is 148 Å². The standard InChI is InChI=1S/C70H120O6/c1-4-7-10-13-16-19-22-25-28-30-32-33-34-35-36-37-39-40-42-45-48-51-54-57-60-63-69(72)75-66-67(65-74-68(71)62-59-56-53-50-47-44-27-24-21-18-15-12-9-6-3)76-70(73)64-61-58-55-52-49-46-43-41-38-31-29-26-23-20-17-14-11-8-5-2/h7,10,16-17,19-20,25-26,28-29,32-33,35-36,38,41,67H,4-6,8-9,11-15,18,21-24,27,30-31,34,37,39-40,42-66H2,1-3H3/b10-7-,19-16-,20-17-,28-25-,29-26-,33-32-,36-35-,41-38-. The largest absolute Gasteiger partial charge is 0.462 e. The molecule has 1 atom stereocenters. The molecule has 1 unspecified atom stereocenters. The fraction of sp³-hybridized carbons (Fsp3) is 0.729. The minimum absolute atomic E-state index is 0.0822. The molecular weight excluding hydrogens is 937 g/mol. The third-order valence-corrected chi connectivity index (χ3v) is 13.8. The van der Waals surface area contributed by atoms with Crippen LogP contribution in [-0.4, -0.2) is 37.2 Å². The van der Waals surface area contributed by atoms with Crippen LogP contribution in [0.4, 0.5) is 0 Å². The Labute approximate surface area is 470 Å². The first-order valence-electron chi connectivity index (χ1n) is 32.2. The van der Waals surface area contributed by atoms with Gasteiger partial charge in [-0.25, -0.2) is 0 Å². The van der Waals surface area contributed by atoms with Gasteiger partial charge in [0, 0.05) is 19.3 Å². The first-order valence-corrected chi connectivity index (χ1v) is 32.2. The Balaban J connectivity index is 4.37. The van der Waals surface area contributed by atoms with Crippen molar-refractivity contribution in [3.63, 3.8) is 0 Å². The Morgan fingerprint density at radius 1 is 0.276 bits per heavy atom. The number of hydrogen-bond acceptors (Lipinski definition) is 6. The molecule has 0 aromatic heterocycles. The predicted octanol–water partition coefficient (Wildman–Crippen LogP) is 22.0. The first kappa shape index (κ1) is 72.3. The molecule has 0 aromatic carbocycles. The molecule has 0 aliphatic rings. The Bertz CT molecular complexity index is 1490. The summed E-state index contributed by atoms with van der Waals surface area (Å²) in [5, 5.41) is 0. The van der Waals surface area contributed by atoms with Gasteiger partial charge in [0.2, 0.25) is 0 Å². The van der Waals surface area contributed by atoms with Crippen LogP contribution >= 0.6 is 0 Å². The van der Waals surface area contributed by atoms with Gasteiger partial charge in [0.25, 0.3) is 0 Å². The highest BCUT2D eigenvalue weighted by atomic mass is 16.6. The highest BCUT2D eigenvalue weighted by molar-refractivity contribution is 5.71. The Morgan fingerprint density at radius 2 is 0.513 bits per heavy atom. The van der Waals surface area contributed by atoms with E-state index in [0.29, 0.717) is 19.3 Å². The Kier molecular flexibility index (Phi) is 60.8. The van der Waals surface area contributed by atoms with Crippen molar-refractivity contribution in [3.05, 3.63) is 97.2 Å². The topological polar surface area (TPSA) is 78.9 Å². The summed E-state index contributed by atoms with van der Waals surface area (Å²) in [5.74, 6) is -0.890. The van der Waals surface area contributed by atoms with E-state index >= 15 is 0 Å². The summed E-state index contributed by atoms with van der Waals surface area (Å²) in [4.78, 5) is 38.3. The number of allylic oxidation sites excluding steroid dienone is 16. The highest BCUT2D eigenvalue weighted by Gasteiger charge is 2.19. The van der Waals surface area contributed by atoms with Crippen LogP contribution in [-0.2, 0) is 28.6 Å². The summed E-state index contributed by atoms with van der Waals surface area (Å²) in [6, 6.07) is 0. The average molecular weight is 1060 g/mol. The summed E-state index contributed by atoms with van der Waals surface area (Å²) < 4.78 is 16.9. The maximum absolute atomic E-state index is 12.9. The van der Waals surface area contributed by atoms with Crippen LogP contribution in [0.5, 0.6) is 0 Å². The number of carbonyl (C=O) groups excluding carboxylic acids is 3. The smallest absolute Gasteiger partial charge is 0.306 e. The lowest BCUT2D eigenvalue weighted by Gasteiger charge is -2.18. The van der Waals surface area contributed by atoms with Gasteiger partial charge in [-0.2, -0.15) is 0 Å². The van der Waals surface area contributed by atoms with Gasteiger partial charge >= 0.3 is 17.9 Å². The zero-order valence-corrected chi connectivity index (χ0v) is 50.0. The lowest BCUT2D eigenvalue weighted by atomic mass is 10.0. The van der Waals surface area contributed by atoms with Crippen molar-refractivity contribution in [1.82, 2.24) is 0 Å². The van der Waals surface area contributed by atoms with Crippen molar-refractivity contribution in [3.8, 4) is 0 Å². The van der Waals surface area contributed by atoms with Gasteiger partial charge in [-0.3, -0.25) is 14.4 Å². The Morgan fingerprint density at radius 3 is 0.829 bits per heavy atom. The van der Waals surface area contributed by atoms with Crippen molar-refractivity contribution in [2.24, 2.45) is 0 Å². The molecule has 6 heteroatoms. The van der Waals surface area contributed by atoms with Crippen LogP contribution in [0.15, 0.2) is 97.2 Å². The molecule has 0 amide bonds. The number of carbonyl (C=O) groups is 3. The molecule has 0 rings (SSSR count). The van der Waals surface area contributed by atoms with E-state index in [4.69, 9.17) is 14.2 Å². The van der Waals surface area contributed by atoms with Gasteiger partial charge in [0.15, 0.2) is 6.10 Å². The lowest BCUT2D eigenvalue weighted by molar-refractivity contribution is -0.167. The molecule has 0 heterocycles. The average Bonchev–Trinajstić information content (AvgIpc) is 3.42. The lowest BCUT2D eigenvalue weighted by Crippen LogP contribution is -2.30. The van der Waals surface area contributed by atoms with Gasteiger partial charge < -0.3 is 14.2 Å². The molecule has 0 aliphatic heterocycles. The summed E-state index contributed by atoms with van der Waals surface area (Å²) in [5.41, 5.74) is 0. The Hall–Kier alpha value is -3.67. The van der Waals surface area contributed by atoms with Crippen LogP contribution in [0, 0.1) is 0 Å². The maximum atomic E-state index is 12.9. The van der Waals surface area contributed by atoms with Gasteiger partial charge in [-0.1, -0.05) is 285 Å². The SMILES string of the molecule is CC/C=C\C/C=C\C/C=C\C/C=C\C/C=C\CCCCCCCCCCCC(=O)OCC(COC(=O)CCCCCCCCCCCCCCCC)OC(=O)CCCCCCCC/C=C\C/C=C\C/C=C\CCCCC. The summed E-state index contributed by atoms with van der Waals surface area (Å²) in [7, 11) is 0. The van der Waals surface area contributed by atoms with E-state index in [-0.39, 0.29) is 31.1 Å². The van der Waals surface area contributed by atoms with E-state index in [2.05, 4.69) is 118 Å². The van der Waals surface area contributed by atoms with Crippen LogP contribution < -0.4 is 0 Å². The molecule has 436 valence electrons. The second kappa shape index (κ2) is 63.9. The fourth-order valence-corrected chi connectivity index (χ4v) is 9.01. The van der Waals surface area contributed by atoms with Gasteiger partial charge in [0.05, 0.1) is 0 Å². The molecule has 0 fully saturated rings. The van der Waals surface area contributed by atoms with Crippen molar-refractivity contribution in [2.45, 2.75) is 316 Å². The third kappa shape index (κ3) is 61.2. The highest BCUT2D eigenvalue weighted by Crippen LogP contribution is 2.16. The number of hydrogen-bond donors (Lipinski definition) is 0. The second-order valence-corrected chi connectivity index (χ2v) is 21.3.